The molecule has 1 saturated carbocycles. The van der Waals surface area contributed by atoms with E-state index in [9.17, 15) is 14.7 Å². The van der Waals surface area contributed by atoms with Crippen molar-refractivity contribution in [2.24, 2.45) is 17.8 Å². The van der Waals surface area contributed by atoms with Gasteiger partial charge in [0.15, 0.2) is 5.13 Å². The van der Waals surface area contributed by atoms with Gasteiger partial charge in [-0.25, -0.2) is 4.98 Å². The predicted molar refractivity (Wildman–Crippen MR) is 77.9 cm³/mol. The molecular formula is C14H20N2O3S. The molecule has 6 heteroatoms. The lowest BCUT2D eigenvalue weighted by molar-refractivity contribution is -0.145. The van der Waals surface area contributed by atoms with Crippen LogP contribution in [0.3, 0.4) is 0 Å². The Bertz CT molecular complexity index is 526. The van der Waals surface area contributed by atoms with Crippen LogP contribution in [-0.4, -0.2) is 22.0 Å². The second kappa shape index (κ2) is 5.91. The molecule has 1 aliphatic rings. The lowest BCUT2D eigenvalue weighted by Gasteiger charge is -2.14. The van der Waals surface area contributed by atoms with E-state index in [-0.39, 0.29) is 11.8 Å². The fourth-order valence-electron chi connectivity index (χ4n) is 2.86. The molecule has 0 radical (unpaired) electrons. The van der Waals surface area contributed by atoms with Gasteiger partial charge in [0.1, 0.15) is 0 Å². The van der Waals surface area contributed by atoms with Crippen LogP contribution < -0.4 is 5.32 Å². The lowest BCUT2D eigenvalue weighted by atomic mass is 9.95. The standard InChI is InChI=1S/C14H20N2O3S/c1-4-11-8(3)20-14(15-11)16-12(17)9-5-7(2)6-10(9)13(18)19/h7,9-10H,4-6H2,1-3H3,(H,18,19)(H,15,16,17)/t7?,9-,10+/m0/s1. The van der Waals surface area contributed by atoms with E-state index in [1.54, 1.807) is 0 Å². The van der Waals surface area contributed by atoms with Crippen molar-refractivity contribution >= 4 is 28.3 Å². The Hall–Kier alpha value is -1.43. The molecule has 20 heavy (non-hydrogen) atoms. The Kier molecular flexibility index (Phi) is 4.42. The van der Waals surface area contributed by atoms with Crippen molar-refractivity contribution in [2.45, 2.75) is 40.0 Å². The third-order valence-electron chi connectivity index (χ3n) is 3.91. The predicted octanol–water partition coefficient (Wildman–Crippen LogP) is 2.70. The van der Waals surface area contributed by atoms with E-state index in [4.69, 9.17) is 0 Å². The summed E-state index contributed by atoms with van der Waals surface area (Å²) in [7, 11) is 0. The first kappa shape index (κ1) is 15.0. The molecule has 1 heterocycles. The summed E-state index contributed by atoms with van der Waals surface area (Å²) in [5.41, 5.74) is 0.986. The number of hydrogen-bond donors (Lipinski definition) is 2. The minimum Gasteiger partial charge on any atom is -0.481 e. The van der Waals surface area contributed by atoms with E-state index >= 15 is 0 Å². The fraction of sp³-hybridized carbons (Fsp3) is 0.643. The van der Waals surface area contributed by atoms with Crippen LogP contribution in [0.15, 0.2) is 0 Å². The van der Waals surface area contributed by atoms with Gasteiger partial charge in [0, 0.05) is 4.88 Å². The maximum absolute atomic E-state index is 12.3. The van der Waals surface area contributed by atoms with Crippen molar-refractivity contribution in [2.75, 3.05) is 5.32 Å². The Labute approximate surface area is 122 Å². The number of carboxylic acid groups (broad SMARTS) is 1. The molecule has 5 nitrogen and oxygen atoms in total. The summed E-state index contributed by atoms with van der Waals surface area (Å²) in [5.74, 6) is -1.83. The number of carbonyl (C=O) groups excluding carboxylic acids is 1. The van der Waals surface area contributed by atoms with Crippen molar-refractivity contribution in [1.29, 1.82) is 0 Å². The van der Waals surface area contributed by atoms with Gasteiger partial charge in [0.25, 0.3) is 0 Å². The normalized spacial score (nSPS) is 25.6. The molecule has 3 atom stereocenters. The second-order valence-corrected chi connectivity index (χ2v) is 6.70. The molecule has 1 aromatic rings. The number of carbonyl (C=O) groups is 2. The smallest absolute Gasteiger partial charge is 0.307 e. The van der Waals surface area contributed by atoms with Gasteiger partial charge < -0.3 is 10.4 Å². The van der Waals surface area contributed by atoms with Crippen LogP contribution in [0.2, 0.25) is 0 Å². The highest BCUT2D eigenvalue weighted by Crippen LogP contribution is 2.37. The number of rotatable bonds is 4. The molecule has 1 aromatic heterocycles. The van der Waals surface area contributed by atoms with Gasteiger partial charge in [-0.3, -0.25) is 9.59 Å². The van der Waals surface area contributed by atoms with Gasteiger partial charge in [-0.15, -0.1) is 11.3 Å². The minimum atomic E-state index is -0.876. The van der Waals surface area contributed by atoms with Crippen LogP contribution in [0, 0.1) is 24.7 Å². The maximum Gasteiger partial charge on any atom is 0.307 e. The zero-order valence-corrected chi connectivity index (χ0v) is 12.8. The number of aryl methyl sites for hydroxylation is 2. The summed E-state index contributed by atoms with van der Waals surface area (Å²) < 4.78 is 0. The lowest BCUT2D eigenvalue weighted by Crippen LogP contribution is -2.29. The first-order chi connectivity index (χ1) is 9.42. The van der Waals surface area contributed by atoms with E-state index in [0.717, 1.165) is 17.0 Å². The molecule has 2 N–H and O–H groups in total. The maximum atomic E-state index is 12.3. The highest BCUT2D eigenvalue weighted by atomic mass is 32.1. The Morgan fingerprint density at radius 3 is 2.60 bits per heavy atom. The van der Waals surface area contributed by atoms with E-state index in [0.29, 0.717) is 18.0 Å². The molecule has 0 saturated heterocycles. The van der Waals surface area contributed by atoms with Gasteiger partial charge in [-0.05, 0) is 32.1 Å². The Morgan fingerprint density at radius 2 is 2.05 bits per heavy atom. The van der Waals surface area contributed by atoms with Crippen LogP contribution in [0.25, 0.3) is 0 Å². The number of amides is 1. The number of anilines is 1. The second-order valence-electron chi connectivity index (χ2n) is 5.49. The zero-order chi connectivity index (χ0) is 14.9. The Morgan fingerprint density at radius 1 is 1.40 bits per heavy atom. The quantitative estimate of drug-likeness (QED) is 0.895. The summed E-state index contributed by atoms with van der Waals surface area (Å²) in [6.45, 7) is 5.99. The topological polar surface area (TPSA) is 79.3 Å². The molecule has 0 bridgehead atoms. The minimum absolute atomic E-state index is 0.210. The van der Waals surface area contributed by atoms with Crippen LogP contribution in [0.5, 0.6) is 0 Å². The number of aromatic nitrogens is 1. The van der Waals surface area contributed by atoms with Crippen LogP contribution in [0.1, 0.15) is 37.3 Å². The van der Waals surface area contributed by atoms with Crippen molar-refractivity contribution in [1.82, 2.24) is 4.98 Å². The number of thiazole rings is 1. The van der Waals surface area contributed by atoms with E-state index < -0.39 is 17.8 Å². The molecule has 1 amide bonds. The molecule has 2 rings (SSSR count). The summed E-state index contributed by atoms with van der Waals surface area (Å²) in [6, 6.07) is 0. The molecule has 1 unspecified atom stereocenters. The van der Waals surface area contributed by atoms with Crippen molar-refractivity contribution in [3.05, 3.63) is 10.6 Å². The van der Waals surface area contributed by atoms with E-state index in [1.165, 1.54) is 11.3 Å². The number of nitrogens with one attached hydrogen (secondary N) is 1. The molecule has 0 spiro atoms. The van der Waals surface area contributed by atoms with Gasteiger partial charge in [0.2, 0.25) is 5.91 Å². The molecule has 0 aromatic carbocycles. The number of nitrogens with zero attached hydrogens (tertiary/aromatic N) is 1. The molecular weight excluding hydrogens is 276 g/mol. The van der Waals surface area contributed by atoms with E-state index in [2.05, 4.69) is 10.3 Å². The van der Waals surface area contributed by atoms with Crippen LogP contribution in [0.4, 0.5) is 5.13 Å². The average Bonchev–Trinajstić information content (AvgIpc) is 2.92. The van der Waals surface area contributed by atoms with Gasteiger partial charge in [0.05, 0.1) is 17.5 Å². The Balaban J connectivity index is 2.08. The van der Waals surface area contributed by atoms with E-state index in [1.807, 2.05) is 20.8 Å². The van der Waals surface area contributed by atoms with Gasteiger partial charge in [-0.1, -0.05) is 13.8 Å². The van der Waals surface area contributed by atoms with Gasteiger partial charge >= 0.3 is 5.97 Å². The molecule has 110 valence electrons. The largest absolute Gasteiger partial charge is 0.481 e. The van der Waals surface area contributed by atoms with Crippen LogP contribution >= 0.6 is 11.3 Å². The molecule has 1 fully saturated rings. The van der Waals surface area contributed by atoms with Crippen molar-refractivity contribution in [3.63, 3.8) is 0 Å². The fourth-order valence-corrected chi connectivity index (χ4v) is 3.77. The highest BCUT2D eigenvalue weighted by Gasteiger charge is 2.41. The third-order valence-corrected chi connectivity index (χ3v) is 4.84. The summed E-state index contributed by atoms with van der Waals surface area (Å²) in [5, 5.41) is 12.6. The average molecular weight is 296 g/mol. The van der Waals surface area contributed by atoms with Crippen molar-refractivity contribution < 1.29 is 14.7 Å². The summed E-state index contributed by atoms with van der Waals surface area (Å²) >= 11 is 1.45. The molecule has 0 aliphatic heterocycles. The van der Waals surface area contributed by atoms with Crippen LogP contribution in [-0.2, 0) is 16.0 Å². The van der Waals surface area contributed by atoms with Crippen molar-refractivity contribution in [3.8, 4) is 0 Å². The summed E-state index contributed by atoms with van der Waals surface area (Å²) in [6.07, 6.45) is 2.04. The third kappa shape index (κ3) is 3.00. The zero-order valence-electron chi connectivity index (χ0n) is 12.0. The number of carboxylic acids is 1. The number of aliphatic carboxylic acids is 1. The monoisotopic (exact) mass is 296 g/mol. The first-order valence-corrected chi connectivity index (χ1v) is 7.74. The number of hydrogen-bond acceptors (Lipinski definition) is 4. The first-order valence-electron chi connectivity index (χ1n) is 6.92. The summed E-state index contributed by atoms with van der Waals surface area (Å²) in [4.78, 5) is 29.0. The molecule has 1 aliphatic carbocycles. The van der Waals surface area contributed by atoms with Gasteiger partial charge in [-0.2, -0.15) is 0 Å². The highest BCUT2D eigenvalue weighted by molar-refractivity contribution is 7.15. The SMILES string of the molecule is CCc1nc(NC(=O)[C@H]2CC(C)C[C@H]2C(=O)O)sc1C.